The number of amides is 1. The van der Waals surface area contributed by atoms with Crippen LogP contribution in [0.5, 0.6) is 0 Å². The van der Waals surface area contributed by atoms with Gasteiger partial charge in [0.05, 0.1) is 18.8 Å². The lowest BCUT2D eigenvalue weighted by Gasteiger charge is -2.19. The summed E-state index contributed by atoms with van der Waals surface area (Å²) in [5.74, 6) is -0.0689. The van der Waals surface area contributed by atoms with Gasteiger partial charge >= 0.3 is 0 Å². The Balaban J connectivity index is 3.44. The van der Waals surface area contributed by atoms with Crippen molar-refractivity contribution in [3.8, 4) is 0 Å². The fourth-order valence-electron chi connectivity index (χ4n) is 9.13. The monoisotopic (exact) mass is 898 g/mol. The summed E-state index contributed by atoms with van der Waals surface area (Å²) in [6.45, 7) is 4.33. The Labute approximate surface area is 402 Å². The largest absolute Gasteiger partial charge is 0.394 e. The number of allylic oxidation sites excluding steroid dienone is 5. The van der Waals surface area contributed by atoms with Gasteiger partial charge in [-0.2, -0.15) is 0 Å². The van der Waals surface area contributed by atoms with Crippen molar-refractivity contribution in [2.75, 3.05) is 6.61 Å². The molecule has 0 bridgehead atoms. The molecule has 4 nitrogen and oxygen atoms in total. The van der Waals surface area contributed by atoms with Crippen molar-refractivity contribution in [3.05, 3.63) is 36.5 Å². The molecule has 2 atom stereocenters. The fourth-order valence-corrected chi connectivity index (χ4v) is 9.13. The minimum Gasteiger partial charge on any atom is -0.394 e. The third kappa shape index (κ3) is 51.6. The molecule has 0 saturated heterocycles. The quantitative estimate of drug-likeness (QED) is 0.0421. The van der Waals surface area contributed by atoms with Crippen molar-refractivity contribution in [2.45, 2.75) is 334 Å². The van der Waals surface area contributed by atoms with Gasteiger partial charge in [0, 0.05) is 6.42 Å². The molecule has 0 aromatic rings. The topological polar surface area (TPSA) is 69.6 Å². The summed E-state index contributed by atoms with van der Waals surface area (Å²) < 4.78 is 0. The van der Waals surface area contributed by atoms with Crippen molar-refractivity contribution in [2.24, 2.45) is 0 Å². The van der Waals surface area contributed by atoms with Crippen LogP contribution in [0.15, 0.2) is 36.5 Å². The van der Waals surface area contributed by atoms with Gasteiger partial charge in [-0.1, -0.05) is 294 Å². The minimum absolute atomic E-state index is 0.0689. The molecular weight excluding hydrogens is 783 g/mol. The van der Waals surface area contributed by atoms with E-state index in [9.17, 15) is 15.0 Å². The molecule has 4 heteroatoms. The molecule has 0 aromatic heterocycles. The zero-order valence-corrected chi connectivity index (χ0v) is 43.6. The van der Waals surface area contributed by atoms with Crippen LogP contribution >= 0.6 is 0 Å². The third-order valence-corrected chi connectivity index (χ3v) is 13.6. The highest BCUT2D eigenvalue weighted by Gasteiger charge is 2.18. The van der Waals surface area contributed by atoms with Crippen LogP contribution in [-0.2, 0) is 4.79 Å². The van der Waals surface area contributed by atoms with Crippen LogP contribution in [0.3, 0.4) is 0 Å². The zero-order chi connectivity index (χ0) is 46.3. The smallest absolute Gasteiger partial charge is 0.220 e. The number of rotatable bonds is 54. The Morgan fingerprint density at radius 1 is 0.359 bits per heavy atom. The SMILES string of the molecule is CCCCCCCCCCCCC/C=C/CC/C=C/C(O)C(CO)NC(=O)CCCCCCCCCCCCCCCCCCC/C=C\CCCCCCCCCCCCCCCC. The first-order valence-electron chi connectivity index (χ1n) is 29.2. The van der Waals surface area contributed by atoms with Gasteiger partial charge in [0.1, 0.15) is 0 Å². The average Bonchev–Trinajstić information content (AvgIpc) is 3.30. The Hall–Kier alpha value is -1.39. The molecular formula is C60H115NO3. The van der Waals surface area contributed by atoms with E-state index in [-0.39, 0.29) is 12.5 Å². The second-order valence-electron chi connectivity index (χ2n) is 20.1. The van der Waals surface area contributed by atoms with Gasteiger partial charge in [-0.25, -0.2) is 0 Å². The lowest BCUT2D eigenvalue weighted by Crippen LogP contribution is -2.45. The number of hydrogen-bond acceptors (Lipinski definition) is 3. The first-order valence-corrected chi connectivity index (χ1v) is 29.2. The van der Waals surface area contributed by atoms with Crippen LogP contribution < -0.4 is 5.32 Å². The lowest BCUT2D eigenvalue weighted by molar-refractivity contribution is -0.123. The van der Waals surface area contributed by atoms with Crippen LogP contribution in [0.2, 0.25) is 0 Å². The highest BCUT2D eigenvalue weighted by molar-refractivity contribution is 5.76. The number of unbranched alkanes of at least 4 members (excludes halogenated alkanes) is 43. The minimum atomic E-state index is -0.861. The van der Waals surface area contributed by atoms with Gasteiger partial charge in [-0.3, -0.25) is 4.79 Å². The number of hydrogen-bond donors (Lipinski definition) is 3. The van der Waals surface area contributed by atoms with Crippen molar-refractivity contribution < 1.29 is 15.0 Å². The molecule has 64 heavy (non-hydrogen) atoms. The summed E-state index contributed by atoms with van der Waals surface area (Å²) in [6, 6.07) is -0.638. The van der Waals surface area contributed by atoms with E-state index in [4.69, 9.17) is 0 Å². The number of carbonyl (C=O) groups excluding carboxylic acids is 1. The van der Waals surface area contributed by atoms with E-state index in [1.807, 2.05) is 6.08 Å². The molecule has 378 valence electrons. The predicted octanol–water partition coefficient (Wildman–Crippen LogP) is 19.3. The van der Waals surface area contributed by atoms with Gasteiger partial charge in [0.25, 0.3) is 0 Å². The third-order valence-electron chi connectivity index (χ3n) is 13.6. The Bertz CT molecular complexity index is 974. The molecule has 0 heterocycles. The molecule has 0 aliphatic rings. The molecule has 0 aromatic carbocycles. The van der Waals surface area contributed by atoms with Crippen LogP contribution in [0.1, 0.15) is 322 Å². The second-order valence-corrected chi connectivity index (χ2v) is 20.1. The maximum absolute atomic E-state index is 12.5. The summed E-state index contributed by atoms with van der Waals surface area (Å²) in [7, 11) is 0. The lowest BCUT2D eigenvalue weighted by atomic mass is 10.0. The zero-order valence-electron chi connectivity index (χ0n) is 43.6. The molecule has 3 N–H and O–H groups in total. The molecule has 0 aliphatic heterocycles. The van der Waals surface area contributed by atoms with Crippen molar-refractivity contribution in [3.63, 3.8) is 0 Å². The van der Waals surface area contributed by atoms with E-state index >= 15 is 0 Å². The molecule has 0 spiro atoms. The highest BCUT2D eigenvalue weighted by Crippen LogP contribution is 2.17. The van der Waals surface area contributed by atoms with Crippen molar-refractivity contribution in [1.29, 1.82) is 0 Å². The number of carbonyl (C=O) groups is 1. The highest BCUT2D eigenvalue weighted by atomic mass is 16.3. The van der Waals surface area contributed by atoms with E-state index in [0.717, 1.165) is 32.1 Å². The number of aliphatic hydroxyl groups is 2. The van der Waals surface area contributed by atoms with E-state index in [1.165, 1.54) is 270 Å². The van der Waals surface area contributed by atoms with Gasteiger partial charge in [0.2, 0.25) is 5.91 Å². The maximum Gasteiger partial charge on any atom is 0.220 e. The molecule has 0 saturated carbocycles. The Kier molecular flexibility index (Phi) is 54.7. The summed E-state index contributed by atoms with van der Waals surface area (Å²) in [6.07, 6.45) is 76.1. The molecule has 1 amide bonds. The number of nitrogens with one attached hydrogen (secondary N) is 1. The first-order chi connectivity index (χ1) is 31.7. The van der Waals surface area contributed by atoms with Gasteiger partial charge in [-0.05, 0) is 57.8 Å². The van der Waals surface area contributed by atoms with E-state index in [2.05, 4.69) is 43.5 Å². The normalized spacial score (nSPS) is 13.0. The summed E-state index contributed by atoms with van der Waals surface area (Å²) in [5.41, 5.74) is 0. The van der Waals surface area contributed by atoms with E-state index in [1.54, 1.807) is 6.08 Å². The molecule has 2 unspecified atom stereocenters. The van der Waals surface area contributed by atoms with Crippen LogP contribution in [0.4, 0.5) is 0 Å². The molecule has 0 rings (SSSR count). The van der Waals surface area contributed by atoms with Crippen LogP contribution in [0.25, 0.3) is 0 Å². The molecule has 0 aliphatic carbocycles. The summed E-state index contributed by atoms with van der Waals surface area (Å²) in [4.78, 5) is 12.5. The van der Waals surface area contributed by atoms with Gasteiger partial charge in [0.15, 0.2) is 0 Å². The standard InChI is InChI=1S/C60H115NO3/c1-3-5-7-9-11-13-15-17-19-21-22-23-24-25-26-27-28-29-30-31-32-33-34-35-36-37-38-40-42-44-46-48-50-52-54-56-60(64)61-58(57-62)59(63)55-53-51-49-47-45-43-41-39-20-18-16-14-12-10-8-6-4-2/h27-28,45,47,53,55,58-59,62-63H,3-26,29-44,46,48-52,54,56-57H2,1-2H3,(H,61,64)/b28-27-,47-45+,55-53+. The predicted molar refractivity (Wildman–Crippen MR) is 285 cm³/mol. The van der Waals surface area contributed by atoms with Gasteiger partial charge in [-0.15, -0.1) is 0 Å². The van der Waals surface area contributed by atoms with E-state index in [0.29, 0.717) is 6.42 Å². The van der Waals surface area contributed by atoms with Crippen LogP contribution in [-0.4, -0.2) is 34.9 Å². The molecule has 0 fully saturated rings. The first kappa shape index (κ1) is 62.6. The summed E-state index contributed by atoms with van der Waals surface area (Å²) >= 11 is 0. The van der Waals surface area contributed by atoms with Crippen molar-refractivity contribution in [1.82, 2.24) is 5.32 Å². The maximum atomic E-state index is 12.5. The van der Waals surface area contributed by atoms with Gasteiger partial charge < -0.3 is 15.5 Å². The fraction of sp³-hybridized carbons (Fsp3) is 0.883. The van der Waals surface area contributed by atoms with Crippen LogP contribution in [0, 0.1) is 0 Å². The second kappa shape index (κ2) is 55.9. The summed E-state index contributed by atoms with van der Waals surface area (Å²) in [5, 5.41) is 23.1. The van der Waals surface area contributed by atoms with Crippen molar-refractivity contribution >= 4 is 5.91 Å². The average molecular weight is 899 g/mol. The molecule has 0 radical (unpaired) electrons. The number of aliphatic hydroxyl groups excluding tert-OH is 2. The Morgan fingerprint density at radius 2 is 0.609 bits per heavy atom. The van der Waals surface area contributed by atoms with E-state index < -0.39 is 12.1 Å². The Morgan fingerprint density at radius 3 is 0.906 bits per heavy atom.